The maximum atomic E-state index is 13.1. The van der Waals surface area contributed by atoms with Crippen LogP contribution in [-0.2, 0) is 6.18 Å². The SMILES string of the molecule is OC[C@@H](O)CNc1cc(C(F)(F)F)ccc1F. The van der Waals surface area contributed by atoms with Gasteiger partial charge in [-0.1, -0.05) is 0 Å². The molecule has 96 valence electrons. The van der Waals surface area contributed by atoms with Crippen molar-refractivity contribution in [3.63, 3.8) is 0 Å². The molecule has 3 nitrogen and oxygen atoms in total. The summed E-state index contributed by atoms with van der Waals surface area (Å²) in [6, 6.07) is 1.93. The van der Waals surface area contributed by atoms with Crippen LogP contribution in [0.2, 0.25) is 0 Å². The third kappa shape index (κ3) is 3.86. The Balaban J connectivity index is 2.84. The maximum Gasteiger partial charge on any atom is 0.416 e. The van der Waals surface area contributed by atoms with Crippen LogP contribution in [0.25, 0.3) is 0 Å². The lowest BCUT2D eigenvalue weighted by Gasteiger charge is -2.13. The van der Waals surface area contributed by atoms with Gasteiger partial charge in [-0.25, -0.2) is 4.39 Å². The molecule has 0 aromatic heterocycles. The van der Waals surface area contributed by atoms with Crippen LogP contribution < -0.4 is 5.32 Å². The van der Waals surface area contributed by atoms with Gasteiger partial charge in [-0.3, -0.25) is 0 Å². The Hall–Kier alpha value is -1.34. The zero-order valence-electron chi connectivity index (χ0n) is 8.63. The highest BCUT2D eigenvalue weighted by atomic mass is 19.4. The van der Waals surface area contributed by atoms with Crippen LogP contribution in [0, 0.1) is 5.82 Å². The summed E-state index contributed by atoms with van der Waals surface area (Å²) in [6.07, 6.45) is -5.72. The molecule has 0 aliphatic carbocycles. The Kier molecular flexibility index (Phi) is 4.30. The van der Waals surface area contributed by atoms with Gasteiger partial charge in [-0.15, -0.1) is 0 Å². The summed E-state index contributed by atoms with van der Waals surface area (Å²) in [5.74, 6) is -0.858. The fourth-order valence-corrected chi connectivity index (χ4v) is 1.13. The number of benzene rings is 1. The van der Waals surface area contributed by atoms with Gasteiger partial charge in [0.25, 0.3) is 0 Å². The summed E-state index contributed by atoms with van der Waals surface area (Å²) in [5.41, 5.74) is -1.35. The van der Waals surface area contributed by atoms with Crippen molar-refractivity contribution in [3.05, 3.63) is 29.6 Å². The molecule has 3 N–H and O–H groups in total. The molecule has 0 aliphatic heterocycles. The monoisotopic (exact) mass is 253 g/mol. The first-order valence-corrected chi connectivity index (χ1v) is 4.74. The number of anilines is 1. The average molecular weight is 253 g/mol. The van der Waals surface area contributed by atoms with Gasteiger partial charge in [0.1, 0.15) is 5.82 Å². The molecule has 0 fully saturated rings. The van der Waals surface area contributed by atoms with Gasteiger partial charge in [-0.05, 0) is 18.2 Å². The van der Waals surface area contributed by atoms with E-state index in [9.17, 15) is 17.6 Å². The van der Waals surface area contributed by atoms with E-state index in [1.807, 2.05) is 0 Å². The molecule has 0 heterocycles. The van der Waals surface area contributed by atoms with E-state index in [-0.39, 0.29) is 12.2 Å². The third-order valence-electron chi connectivity index (χ3n) is 2.03. The molecular weight excluding hydrogens is 242 g/mol. The van der Waals surface area contributed by atoms with Crippen LogP contribution in [0.1, 0.15) is 5.56 Å². The van der Waals surface area contributed by atoms with E-state index < -0.39 is 30.3 Å². The minimum absolute atomic E-state index is 0.241. The predicted molar refractivity (Wildman–Crippen MR) is 53.0 cm³/mol. The summed E-state index contributed by atoms with van der Waals surface area (Å²) >= 11 is 0. The van der Waals surface area contributed by atoms with E-state index in [0.717, 1.165) is 0 Å². The molecule has 0 aliphatic rings. The molecule has 1 rings (SSSR count). The fraction of sp³-hybridized carbons (Fsp3) is 0.400. The largest absolute Gasteiger partial charge is 0.416 e. The lowest BCUT2D eigenvalue weighted by Crippen LogP contribution is -2.23. The Morgan fingerprint density at radius 2 is 1.94 bits per heavy atom. The Bertz CT molecular complexity index is 381. The molecule has 7 heteroatoms. The van der Waals surface area contributed by atoms with Crippen molar-refractivity contribution < 1.29 is 27.8 Å². The highest BCUT2D eigenvalue weighted by Gasteiger charge is 2.31. The molecule has 0 amide bonds. The van der Waals surface area contributed by atoms with Gasteiger partial charge in [0.15, 0.2) is 0 Å². The summed E-state index contributed by atoms with van der Waals surface area (Å²) in [6.45, 7) is -0.803. The van der Waals surface area contributed by atoms with Crippen LogP contribution in [0.3, 0.4) is 0 Å². The van der Waals surface area contributed by atoms with E-state index in [0.29, 0.717) is 18.2 Å². The topological polar surface area (TPSA) is 52.5 Å². The van der Waals surface area contributed by atoms with Gasteiger partial charge in [0.05, 0.1) is 24.0 Å². The molecule has 0 saturated heterocycles. The zero-order valence-corrected chi connectivity index (χ0v) is 8.63. The number of rotatable bonds is 4. The standard InChI is InChI=1S/C10H11F4NO2/c11-8-2-1-6(10(12,13)14)3-9(8)15-4-7(17)5-16/h1-3,7,15-17H,4-5H2/t7-/m0/s1. The molecular formula is C10H11F4NO2. The van der Waals surface area contributed by atoms with Crippen LogP contribution in [-0.4, -0.2) is 29.5 Å². The molecule has 0 unspecified atom stereocenters. The lowest BCUT2D eigenvalue weighted by atomic mass is 10.2. The second-order valence-corrected chi connectivity index (χ2v) is 3.41. The van der Waals surface area contributed by atoms with Crippen molar-refractivity contribution in [2.24, 2.45) is 0 Å². The first kappa shape index (κ1) is 13.7. The van der Waals surface area contributed by atoms with Crippen LogP contribution in [0.5, 0.6) is 0 Å². The van der Waals surface area contributed by atoms with Crippen molar-refractivity contribution in [3.8, 4) is 0 Å². The first-order valence-electron chi connectivity index (χ1n) is 4.74. The van der Waals surface area contributed by atoms with Gasteiger partial charge in [0, 0.05) is 6.54 Å². The van der Waals surface area contributed by atoms with Gasteiger partial charge >= 0.3 is 6.18 Å². The van der Waals surface area contributed by atoms with E-state index in [4.69, 9.17) is 10.2 Å². The van der Waals surface area contributed by atoms with Gasteiger partial charge < -0.3 is 15.5 Å². The van der Waals surface area contributed by atoms with Crippen molar-refractivity contribution in [2.75, 3.05) is 18.5 Å². The summed E-state index contributed by atoms with van der Waals surface area (Å²) in [7, 11) is 0. The highest BCUT2D eigenvalue weighted by molar-refractivity contribution is 5.48. The van der Waals surface area contributed by atoms with Crippen LogP contribution >= 0.6 is 0 Å². The number of aliphatic hydroxyl groups excluding tert-OH is 2. The normalized spacial score (nSPS) is 13.5. The fourth-order valence-electron chi connectivity index (χ4n) is 1.13. The quantitative estimate of drug-likeness (QED) is 0.714. The molecule has 1 aromatic carbocycles. The maximum absolute atomic E-state index is 13.1. The van der Waals surface area contributed by atoms with Crippen molar-refractivity contribution >= 4 is 5.69 Å². The molecule has 0 radical (unpaired) electrons. The highest BCUT2D eigenvalue weighted by Crippen LogP contribution is 2.31. The van der Waals surface area contributed by atoms with Gasteiger partial charge in [0.2, 0.25) is 0 Å². The van der Waals surface area contributed by atoms with E-state index in [1.165, 1.54) is 0 Å². The zero-order chi connectivity index (χ0) is 13.1. The van der Waals surface area contributed by atoms with E-state index in [1.54, 1.807) is 0 Å². The average Bonchev–Trinajstić information content (AvgIpc) is 2.26. The van der Waals surface area contributed by atoms with Crippen molar-refractivity contribution in [2.45, 2.75) is 12.3 Å². The Morgan fingerprint density at radius 3 is 2.47 bits per heavy atom. The van der Waals surface area contributed by atoms with E-state index in [2.05, 4.69) is 5.32 Å². The van der Waals surface area contributed by atoms with Gasteiger partial charge in [-0.2, -0.15) is 13.2 Å². The summed E-state index contributed by atoms with van der Waals surface area (Å²) in [5, 5.41) is 19.8. The van der Waals surface area contributed by atoms with Crippen LogP contribution in [0.15, 0.2) is 18.2 Å². The molecule has 1 atom stereocenters. The van der Waals surface area contributed by atoms with Crippen molar-refractivity contribution in [1.82, 2.24) is 0 Å². The minimum Gasteiger partial charge on any atom is -0.394 e. The van der Waals surface area contributed by atoms with Crippen molar-refractivity contribution in [1.29, 1.82) is 0 Å². The summed E-state index contributed by atoms with van der Waals surface area (Å²) < 4.78 is 50.1. The number of nitrogens with one attached hydrogen (secondary N) is 1. The number of aliphatic hydroxyl groups is 2. The number of alkyl halides is 3. The van der Waals surface area contributed by atoms with E-state index >= 15 is 0 Å². The minimum atomic E-state index is -4.56. The molecule has 1 aromatic rings. The Morgan fingerprint density at radius 1 is 1.29 bits per heavy atom. The number of hydrogen-bond acceptors (Lipinski definition) is 3. The molecule has 0 spiro atoms. The smallest absolute Gasteiger partial charge is 0.394 e. The lowest BCUT2D eigenvalue weighted by molar-refractivity contribution is -0.137. The van der Waals surface area contributed by atoms with Crippen LogP contribution in [0.4, 0.5) is 23.2 Å². The third-order valence-corrected chi connectivity index (χ3v) is 2.03. The molecule has 17 heavy (non-hydrogen) atoms. The molecule has 0 bridgehead atoms. The number of halogens is 4. The molecule has 0 saturated carbocycles. The second kappa shape index (κ2) is 5.33. The predicted octanol–water partition coefficient (Wildman–Crippen LogP) is 1.61. The summed E-state index contributed by atoms with van der Waals surface area (Å²) in [4.78, 5) is 0. The first-order chi connectivity index (χ1) is 7.84. The number of hydrogen-bond donors (Lipinski definition) is 3. The Labute approximate surface area is 94.7 Å². The second-order valence-electron chi connectivity index (χ2n) is 3.41.